The van der Waals surface area contributed by atoms with Crippen LogP contribution in [0.2, 0.25) is 0 Å². The fourth-order valence-corrected chi connectivity index (χ4v) is 4.07. The first kappa shape index (κ1) is 22.5. The number of amides is 1. The number of benzene rings is 3. The lowest BCUT2D eigenvalue weighted by molar-refractivity contribution is -0.114. The molecule has 1 amide bonds. The third-order valence-corrected chi connectivity index (χ3v) is 5.77. The van der Waals surface area contributed by atoms with E-state index in [0.29, 0.717) is 16.9 Å². The number of rotatable bonds is 5. The van der Waals surface area contributed by atoms with Crippen LogP contribution in [0.3, 0.4) is 0 Å². The zero-order chi connectivity index (χ0) is 24.7. The van der Waals surface area contributed by atoms with Gasteiger partial charge in [-0.3, -0.25) is 14.0 Å². The Morgan fingerprint density at radius 1 is 0.971 bits per heavy atom. The fourth-order valence-electron chi connectivity index (χ4n) is 4.07. The Hall–Kier alpha value is -4.33. The van der Waals surface area contributed by atoms with Crippen LogP contribution in [-0.4, -0.2) is 25.2 Å². The third kappa shape index (κ3) is 4.42. The number of fused-ring (bicyclic) bond motifs is 1. The molecule has 0 aliphatic heterocycles. The fraction of sp³-hybridized carbons (Fsp3) is 0.148. The lowest BCUT2D eigenvalue weighted by atomic mass is 10.0. The zero-order valence-electron chi connectivity index (χ0n) is 19.5. The smallest absolute Gasteiger partial charge is 0.221 e. The highest BCUT2D eigenvalue weighted by Crippen LogP contribution is 2.31. The maximum Gasteiger partial charge on any atom is 0.221 e. The molecule has 5 aromatic rings. The second kappa shape index (κ2) is 8.79. The first-order valence-corrected chi connectivity index (χ1v) is 11.2. The zero-order valence-corrected chi connectivity index (χ0v) is 19.5. The average molecular weight is 472 g/mol. The van der Waals surface area contributed by atoms with Crippen LogP contribution >= 0.6 is 0 Å². The van der Waals surface area contributed by atoms with Crippen molar-refractivity contribution in [3.63, 3.8) is 0 Å². The minimum absolute atomic E-state index is 0.230. The Balaban J connectivity index is 1.60. The molecule has 8 heteroatoms. The van der Waals surface area contributed by atoms with Gasteiger partial charge in [-0.1, -0.05) is 6.07 Å². The molecule has 176 valence electrons. The summed E-state index contributed by atoms with van der Waals surface area (Å²) in [5.74, 6) is -1.59. The second-order valence-electron chi connectivity index (χ2n) is 8.69. The summed E-state index contributed by atoms with van der Waals surface area (Å²) in [4.78, 5) is 16.3. The number of carbonyl (C=O) groups excluding carboxylic acids is 1. The molecule has 6 nitrogen and oxygen atoms in total. The summed E-state index contributed by atoms with van der Waals surface area (Å²) in [6.45, 7) is 5.55. The Bertz CT molecular complexity index is 1570. The maximum atomic E-state index is 14.6. The van der Waals surface area contributed by atoms with Gasteiger partial charge in [-0.05, 0) is 67.4 Å². The molecule has 0 bridgehead atoms. The summed E-state index contributed by atoms with van der Waals surface area (Å²) >= 11 is 0. The molecular formula is C27H23F2N5O. The molecule has 0 unspecified atom stereocenters. The summed E-state index contributed by atoms with van der Waals surface area (Å²) < 4.78 is 31.8. The topological polar surface area (TPSA) is 64.7 Å². The van der Waals surface area contributed by atoms with Crippen LogP contribution in [0.25, 0.3) is 39.0 Å². The van der Waals surface area contributed by atoms with Crippen molar-refractivity contribution in [1.29, 1.82) is 0 Å². The van der Waals surface area contributed by atoms with E-state index >= 15 is 0 Å². The highest BCUT2D eigenvalue weighted by atomic mass is 19.1. The van der Waals surface area contributed by atoms with Crippen molar-refractivity contribution < 1.29 is 13.6 Å². The number of nitrogens with zero attached hydrogens (tertiary/aromatic N) is 4. The number of halogens is 2. The van der Waals surface area contributed by atoms with Gasteiger partial charge in [-0.2, -0.15) is 5.10 Å². The molecule has 1 N–H and O–H groups in total. The molecule has 0 radical (unpaired) electrons. The van der Waals surface area contributed by atoms with Gasteiger partial charge < -0.3 is 5.32 Å². The van der Waals surface area contributed by atoms with Gasteiger partial charge in [0, 0.05) is 47.7 Å². The molecule has 0 fully saturated rings. The number of hydrogen-bond donors (Lipinski definition) is 1. The van der Waals surface area contributed by atoms with E-state index in [-0.39, 0.29) is 17.5 Å². The highest BCUT2D eigenvalue weighted by molar-refractivity contribution is 5.91. The quantitative estimate of drug-likeness (QED) is 0.324. The number of anilines is 1. The lowest BCUT2D eigenvalue weighted by Crippen LogP contribution is -2.07. The first-order chi connectivity index (χ1) is 16.8. The summed E-state index contributed by atoms with van der Waals surface area (Å²) in [7, 11) is 0. The van der Waals surface area contributed by atoms with Crippen LogP contribution < -0.4 is 5.32 Å². The number of aromatic nitrogens is 4. The normalized spacial score (nSPS) is 11.4. The van der Waals surface area contributed by atoms with E-state index in [1.165, 1.54) is 19.1 Å². The summed E-state index contributed by atoms with van der Waals surface area (Å²) in [6.07, 6.45) is 5.52. The molecule has 5 rings (SSSR count). The van der Waals surface area contributed by atoms with Crippen molar-refractivity contribution in [2.24, 2.45) is 0 Å². The van der Waals surface area contributed by atoms with E-state index in [1.807, 2.05) is 39.8 Å². The van der Waals surface area contributed by atoms with Gasteiger partial charge in [0.05, 0.1) is 17.2 Å². The van der Waals surface area contributed by atoms with Crippen LogP contribution in [0.5, 0.6) is 0 Å². The van der Waals surface area contributed by atoms with E-state index < -0.39 is 11.6 Å². The average Bonchev–Trinajstić information content (AvgIpc) is 3.46. The van der Waals surface area contributed by atoms with Gasteiger partial charge in [-0.15, -0.1) is 0 Å². The molecule has 35 heavy (non-hydrogen) atoms. The molecule has 0 aliphatic carbocycles. The van der Waals surface area contributed by atoms with Crippen molar-refractivity contribution in [3.8, 4) is 27.9 Å². The molecule has 0 spiro atoms. The van der Waals surface area contributed by atoms with E-state index in [9.17, 15) is 13.6 Å². The monoisotopic (exact) mass is 471 g/mol. The summed E-state index contributed by atoms with van der Waals surface area (Å²) in [5.41, 5.74) is 5.52. The largest absolute Gasteiger partial charge is 0.326 e. The van der Waals surface area contributed by atoms with E-state index in [2.05, 4.69) is 29.2 Å². The van der Waals surface area contributed by atoms with Crippen molar-refractivity contribution in [1.82, 2.24) is 19.3 Å². The third-order valence-electron chi connectivity index (χ3n) is 5.77. The minimum Gasteiger partial charge on any atom is -0.326 e. The highest BCUT2D eigenvalue weighted by Gasteiger charge is 2.13. The standard InChI is InChI=1S/C27H23F2N5O/c1-16(2)34-14-20(13-31-34)18-4-7-27-26(10-18)30-15-33(27)23-9-19(8-22(12-23)32-17(3)35)24-6-5-21(28)11-25(24)29/h4-16H,1-3H3,(H,32,35). The molecule has 0 aliphatic rings. The van der Waals surface area contributed by atoms with Crippen LogP contribution in [0.1, 0.15) is 26.8 Å². The Labute approximate surface area is 200 Å². The number of hydrogen-bond acceptors (Lipinski definition) is 3. The molecule has 3 aromatic carbocycles. The Morgan fingerprint density at radius 3 is 2.51 bits per heavy atom. The number of imidazole rings is 1. The lowest BCUT2D eigenvalue weighted by Gasteiger charge is -2.13. The van der Waals surface area contributed by atoms with Crippen LogP contribution in [0.15, 0.2) is 73.3 Å². The molecule has 0 atom stereocenters. The van der Waals surface area contributed by atoms with E-state index in [1.54, 1.807) is 24.5 Å². The molecule has 2 heterocycles. The summed E-state index contributed by atoms with van der Waals surface area (Å²) in [5, 5.41) is 7.17. The summed E-state index contributed by atoms with van der Waals surface area (Å²) in [6, 6.07) is 14.9. The predicted octanol–water partition coefficient (Wildman–Crippen LogP) is 6.37. The maximum absolute atomic E-state index is 14.6. The van der Waals surface area contributed by atoms with Crippen molar-refractivity contribution in [2.75, 3.05) is 5.32 Å². The SMILES string of the molecule is CC(=O)Nc1cc(-c2ccc(F)cc2F)cc(-n2cnc3cc(-c4cnn(C(C)C)c4)ccc32)c1. The predicted molar refractivity (Wildman–Crippen MR) is 132 cm³/mol. The molecular weight excluding hydrogens is 448 g/mol. The van der Waals surface area contributed by atoms with Gasteiger partial charge in [0.15, 0.2) is 0 Å². The van der Waals surface area contributed by atoms with Gasteiger partial charge in [-0.25, -0.2) is 13.8 Å². The second-order valence-corrected chi connectivity index (χ2v) is 8.69. The molecule has 0 saturated carbocycles. The van der Waals surface area contributed by atoms with Crippen LogP contribution in [0.4, 0.5) is 14.5 Å². The van der Waals surface area contributed by atoms with Crippen LogP contribution in [-0.2, 0) is 4.79 Å². The minimum atomic E-state index is -0.682. The van der Waals surface area contributed by atoms with Gasteiger partial charge in [0.25, 0.3) is 0 Å². The number of nitrogens with one attached hydrogen (secondary N) is 1. The van der Waals surface area contributed by atoms with Gasteiger partial charge in [0.2, 0.25) is 5.91 Å². The van der Waals surface area contributed by atoms with Crippen molar-refractivity contribution in [2.45, 2.75) is 26.8 Å². The van der Waals surface area contributed by atoms with Gasteiger partial charge in [0.1, 0.15) is 18.0 Å². The van der Waals surface area contributed by atoms with Crippen molar-refractivity contribution >= 4 is 22.6 Å². The Kier molecular flexibility index (Phi) is 5.64. The van der Waals surface area contributed by atoms with Crippen molar-refractivity contribution in [3.05, 3.63) is 85.0 Å². The van der Waals surface area contributed by atoms with Crippen LogP contribution in [0, 0.1) is 11.6 Å². The molecule has 2 aromatic heterocycles. The molecule has 0 saturated heterocycles. The van der Waals surface area contributed by atoms with E-state index in [0.717, 1.165) is 28.2 Å². The first-order valence-electron chi connectivity index (χ1n) is 11.2. The number of carbonyl (C=O) groups is 1. The van der Waals surface area contributed by atoms with Gasteiger partial charge >= 0.3 is 0 Å². The Morgan fingerprint density at radius 2 is 1.80 bits per heavy atom. The van der Waals surface area contributed by atoms with E-state index in [4.69, 9.17) is 0 Å².